The molecule has 3 rings (SSSR count). The summed E-state index contributed by atoms with van der Waals surface area (Å²) in [7, 11) is 1.55. The van der Waals surface area contributed by atoms with Crippen molar-refractivity contribution in [2.75, 3.05) is 12.4 Å². The summed E-state index contributed by atoms with van der Waals surface area (Å²) in [5.41, 5.74) is 2.73. The van der Waals surface area contributed by atoms with E-state index in [1.54, 1.807) is 55.6 Å². The number of carbonyl (C=O) groups excluding carboxylic acids is 1. The van der Waals surface area contributed by atoms with E-state index >= 15 is 0 Å². The number of methoxy groups -OCH3 is 1. The fourth-order valence-corrected chi connectivity index (χ4v) is 3.11. The number of hydrogen-bond acceptors (Lipinski definition) is 3. The molecule has 0 spiro atoms. The quantitative estimate of drug-likeness (QED) is 0.415. The van der Waals surface area contributed by atoms with Crippen molar-refractivity contribution in [1.29, 1.82) is 5.26 Å². The number of nitriles is 1. The maximum absolute atomic E-state index is 13.4. The molecule has 3 aromatic carbocycles. The summed E-state index contributed by atoms with van der Waals surface area (Å²) in [6.07, 6.45) is 1.94. The van der Waals surface area contributed by atoms with Gasteiger partial charge in [0.1, 0.15) is 23.2 Å². The highest BCUT2D eigenvalue weighted by atomic mass is 35.5. The molecule has 0 bridgehead atoms. The molecule has 0 unspecified atom stereocenters. The number of ether oxygens (including phenoxy) is 1. The molecule has 4 nitrogen and oxygen atoms in total. The van der Waals surface area contributed by atoms with Crippen LogP contribution in [0.4, 0.5) is 10.1 Å². The number of carbonyl (C=O) groups is 1. The fourth-order valence-electron chi connectivity index (χ4n) is 2.85. The molecular weight excluding hydrogens is 403 g/mol. The molecule has 0 saturated heterocycles. The van der Waals surface area contributed by atoms with Gasteiger partial charge in [-0.1, -0.05) is 35.9 Å². The van der Waals surface area contributed by atoms with Gasteiger partial charge in [-0.3, -0.25) is 4.79 Å². The molecule has 0 heterocycles. The Morgan fingerprint density at radius 1 is 1.17 bits per heavy atom. The largest absolute Gasteiger partial charge is 0.497 e. The van der Waals surface area contributed by atoms with Crippen molar-refractivity contribution in [1.82, 2.24) is 0 Å². The van der Waals surface area contributed by atoms with Crippen LogP contribution in [0, 0.1) is 17.1 Å². The molecule has 0 atom stereocenters. The minimum Gasteiger partial charge on any atom is -0.497 e. The smallest absolute Gasteiger partial charge is 0.266 e. The topological polar surface area (TPSA) is 62.1 Å². The first-order chi connectivity index (χ1) is 14.5. The van der Waals surface area contributed by atoms with Crippen molar-refractivity contribution in [3.05, 3.63) is 99.8 Å². The van der Waals surface area contributed by atoms with Crippen LogP contribution >= 0.6 is 11.6 Å². The van der Waals surface area contributed by atoms with Gasteiger partial charge in [0.2, 0.25) is 0 Å². The van der Waals surface area contributed by atoms with Crippen LogP contribution < -0.4 is 10.1 Å². The van der Waals surface area contributed by atoms with Gasteiger partial charge in [-0.25, -0.2) is 4.39 Å². The molecular formula is C24H18ClFN2O2. The highest BCUT2D eigenvalue weighted by Gasteiger charge is 2.11. The van der Waals surface area contributed by atoms with E-state index in [2.05, 4.69) is 5.32 Å². The van der Waals surface area contributed by atoms with Gasteiger partial charge in [-0.15, -0.1) is 0 Å². The fraction of sp³-hybridized carbons (Fsp3) is 0.0833. The Labute approximate surface area is 179 Å². The Bertz CT molecular complexity index is 1130. The Morgan fingerprint density at radius 3 is 2.57 bits per heavy atom. The number of halogens is 2. The van der Waals surface area contributed by atoms with E-state index in [0.29, 0.717) is 28.4 Å². The molecule has 0 radical (unpaired) electrons. The molecule has 0 aliphatic rings. The van der Waals surface area contributed by atoms with Gasteiger partial charge >= 0.3 is 0 Å². The van der Waals surface area contributed by atoms with Gasteiger partial charge in [0, 0.05) is 10.7 Å². The average Bonchev–Trinajstić information content (AvgIpc) is 2.74. The van der Waals surface area contributed by atoms with E-state index in [1.807, 2.05) is 12.1 Å². The molecule has 0 fully saturated rings. The number of rotatable bonds is 6. The molecule has 150 valence electrons. The molecule has 0 aliphatic carbocycles. The lowest BCUT2D eigenvalue weighted by Gasteiger charge is -2.07. The zero-order valence-corrected chi connectivity index (χ0v) is 16.9. The summed E-state index contributed by atoms with van der Waals surface area (Å²) in [6.45, 7) is 0. The van der Waals surface area contributed by atoms with Crippen molar-refractivity contribution in [2.45, 2.75) is 6.42 Å². The summed E-state index contributed by atoms with van der Waals surface area (Å²) in [4.78, 5) is 12.4. The first-order valence-electron chi connectivity index (χ1n) is 9.08. The molecule has 1 amide bonds. The standard InChI is InChI=1S/C24H18ClFN2O2/c1-30-22-9-7-21(8-10-22)28-24(29)19(15-27)12-17-5-6-18(23(25)14-17)11-16-3-2-4-20(26)13-16/h2-10,12-14H,11H2,1H3,(H,28,29)/b19-12+. The van der Waals surface area contributed by atoms with Gasteiger partial charge in [0.05, 0.1) is 7.11 Å². The van der Waals surface area contributed by atoms with E-state index in [-0.39, 0.29) is 11.4 Å². The first kappa shape index (κ1) is 21.1. The lowest BCUT2D eigenvalue weighted by Crippen LogP contribution is -2.13. The second-order valence-corrected chi connectivity index (χ2v) is 6.92. The SMILES string of the molecule is COc1ccc(NC(=O)/C(C#N)=C/c2ccc(Cc3cccc(F)c3)c(Cl)c2)cc1. The number of nitrogens with one attached hydrogen (secondary N) is 1. The zero-order valence-electron chi connectivity index (χ0n) is 16.2. The number of hydrogen-bond donors (Lipinski definition) is 1. The Hall–Kier alpha value is -3.62. The summed E-state index contributed by atoms with van der Waals surface area (Å²) in [5, 5.41) is 12.5. The van der Waals surface area contributed by atoms with Crippen molar-refractivity contribution >= 4 is 29.3 Å². The molecule has 1 N–H and O–H groups in total. The van der Waals surface area contributed by atoms with Crippen LogP contribution in [0.2, 0.25) is 5.02 Å². The lowest BCUT2D eigenvalue weighted by molar-refractivity contribution is -0.112. The second-order valence-electron chi connectivity index (χ2n) is 6.51. The van der Waals surface area contributed by atoms with Crippen LogP contribution in [-0.2, 0) is 11.2 Å². The Morgan fingerprint density at radius 2 is 1.93 bits per heavy atom. The zero-order chi connectivity index (χ0) is 21.5. The predicted octanol–water partition coefficient (Wildman–Crippen LogP) is 5.62. The van der Waals surface area contributed by atoms with Crippen LogP contribution in [-0.4, -0.2) is 13.0 Å². The first-order valence-corrected chi connectivity index (χ1v) is 9.46. The van der Waals surface area contributed by atoms with Crippen molar-refractivity contribution < 1.29 is 13.9 Å². The third-order valence-corrected chi connectivity index (χ3v) is 4.74. The summed E-state index contributed by atoms with van der Waals surface area (Å²) >= 11 is 6.37. The molecule has 3 aromatic rings. The van der Waals surface area contributed by atoms with Crippen LogP contribution in [0.25, 0.3) is 6.08 Å². The number of benzene rings is 3. The van der Waals surface area contributed by atoms with Gasteiger partial charge in [0.15, 0.2) is 0 Å². The maximum atomic E-state index is 13.4. The van der Waals surface area contributed by atoms with E-state index in [1.165, 1.54) is 18.2 Å². The molecule has 0 saturated carbocycles. The van der Waals surface area contributed by atoms with Crippen molar-refractivity contribution in [2.24, 2.45) is 0 Å². The highest BCUT2D eigenvalue weighted by Crippen LogP contribution is 2.23. The van der Waals surface area contributed by atoms with E-state index in [4.69, 9.17) is 16.3 Å². The Balaban J connectivity index is 1.75. The van der Waals surface area contributed by atoms with Crippen molar-refractivity contribution in [3.8, 4) is 11.8 Å². The average molecular weight is 421 g/mol. The normalized spacial score (nSPS) is 10.9. The Kier molecular flexibility index (Phi) is 6.84. The van der Waals surface area contributed by atoms with Crippen LogP contribution in [0.3, 0.4) is 0 Å². The van der Waals surface area contributed by atoms with Gasteiger partial charge in [-0.05, 0) is 71.7 Å². The van der Waals surface area contributed by atoms with Gasteiger partial charge < -0.3 is 10.1 Å². The number of anilines is 1. The minimum atomic E-state index is -0.525. The third-order valence-electron chi connectivity index (χ3n) is 4.38. The number of nitrogens with zero attached hydrogens (tertiary/aromatic N) is 1. The van der Waals surface area contributed by atoms with E-state index < -0.39 is 5.91 Å². The van der Waals surface area contributed by atoms with Crippen LogP contribution in [0.15, 0.2) is 72.3 Å². The third kappa shape index (κ3) is 5.47. The summed E-state index contributed by atoms with van der Waals surface area (Å²) in [5.74, 6) is -0.163. The second kappa shape index (κ2) is 9.73. The minimum absolute atomic E-state index is 0.0558. The number of amides is 1. The van der Waals surface area contributed by atoms with E-state index in [9.17, 15) is 14.4 Å². The molecule has 30 heavy (non-hydrogen) atoms. The predicted molar refractivity (Wildman–Crippen MR) is 116 cm³/mol. The van der Waals surface area contributed by atoms with Crippen LogP contribution in [0.1, 0.15) is 16.7 Å². The van der Waals surface area contributed by atoms with E-state index in [0.717, 1.165) is 11.1 Å². The van der Waals surface area contributed by atoms with Gasteiger partial charge in [0.25, 0.3) is 5.91 Å². The summed E-state index contributed by atoms with van der Waals surface area (Å²) < 4.78 is 18.4. The van der Waals surface area contributed by atoms with Crippen molar-refractivity contribution in [3.63, 3.8) is 0 Å². The summed E-state index contributed by atoms with van der Waals surface area (Å²) in [6, 6.07) is 20.3. The maximum Gasteiger partial charge on any atom is 0.266 e. The van der Waals surface area contributed by atoms with Gasteiger partial charge in [-0.2, -0.15) is 5.26 Å². The molecule has 0 aromatic heterocycles. The monoisotopic (exact) mass is 420 g/mol. The molecule has 0 aliphatic heterocycles. The highest BCUT2D eigenvalue weighted by molar-refractivity contribution is 6.31. The van der Waals surface area contributed by atoms with Crippen LogP contribution in [0.5, 0.6) is 5.75 Å². The lowest BCUT2D eigenvalue weighted by atomic mass is 10.0. The molecule has 6 heteroatoms.